The summed E-state index contributed by atoms with van der Waals surface area (Å²) in [7, 11) is 0. The molecule has 1 heterocycles. The molecule has 0 aliphatic heterocycles. The number of aromatic amines is 1. The van der Waals surface area contributed by atoms with E-state index in [1.165, 1.54) is 0 Å². The van der Waals surface area contributed by atoms with Gasteiger partial charge in [-0.1, -0.05) is 32.6 Å². The summed E-state index contributed by atoms with van der Waals surface area (Å²) in [6.07, 6.45) is 5.76. The Bertz CT molecular complexity index is 536. The first-order valence-corrected chi connectivity index (χ1v) is 6.36. The molecule has 0 aliphatic carbocycles. The molecule has 0 unspecified atom stereocenters. The van der Waals surface area contributed by atoms with Crippen molar-refractivity contribution in [1.82, 2.24) is 14.9 Å². The minimum atomic E-state index is -1.17. The molecule has 1 rings (SSSR count). The van der Waals surface area contributed by atoms with Gasteiger partial charge in [0, 0.05) is 6.54 Å². The lowest BCUT2D eigenvalue weighted by Gasteiger charge is -2.06. The maximum absolute atomic E-state index is 13.0. The minimum Gasteiger partial charge on any atom is -0.337 e. The van der Waals surface area contributed by atoms with E-state index in [4.69, 9.17) is 0 Å². The van der Waals surface area contributed by atoms with Gasteiger partial charge in [0.15, 0.2) is 0 Å². The average Bonchev–Trinajstić information content (AvgIpc) is 2.37. The zero-order valence-corrected chi connectivity index (χ0v) is 10.9. The van der Waals surface area contributed by atoms with Gasteiger partial charge in [-0.3, -0.25) is 9.78 Å². The molecule has 1 aromatic rings. The van der Waals surface area contributed by atoms with Gasteiger partial charge in [0.25, 0.3) is 5.56 Å². The van der Waals surface area contributed by atoms with Crippen molar-refractivity contribution in [3.63, 3.8) is 0 Å². The zero-order valence-electron chi connectivity index (χ0n) is 10.9. The van der Waals surface area contributed by atoms with Gasteiger partial charge in [0.05, 0.1) is 6.20 Å². The van der Waals surface area contributed by atoms with E-state index in [0.717, 1.165) is 32.1 Å². The second kappa shape index (κ2) is 7.50. The maximum atomic E-state index is 13.0. The van der Waals surface area contributed by atoms with Crippen LogP contribution in [0.4, 0.5) is 9.18 Å². The summed E-state index contributed by atoms with van der Waals surface area (Å²) < 4.78 is 13.5. The number of carbonyl (C=O) groups is 1. The standard InChI is InChI=1S/C12H18FN3O3/c1-2-3-4-5-6-7-14-11(18)16-8-9(13)10(17)15-12(16)19/h8H,2-7H2,1H3,(H,14,18)(H,15,17,19). The highest BCUT2D eigenvalue weighted by Crippen LogP contribution is 2.01. The van der Waals surface area contributed by atoms with Crippen LogP contribution < -0.4 is 16.6 Å². The normalized spacial score (nSPS) is 10.4. The van der Waals surface area contributed by atoms with Crippen molar-refractivity contribution in [2.75, 3.05) is 6.54 Å². The maximum Gasteiger partial charge on any atom is 0.336 e. The van der Waals surface area contributed by atoms with E-state index in [-0.39, 0.29) is 0 Å². The number of H-pyrrole nitrogens is 1. The first kappa shape index (κ1) is 15.1. The van der Waals surface area contributed by atoms with Gasteiger partial charge in [-0.25, -0.2) is 14.2 Å². The molecule has 0 radical (unpaired) electrons. The van der Waals surface area contributed by atoms with E-state index in [2.05, 4.69) is 12.2 Å². The fourth-order valence-electron chi connectivity index (χ4n) is 1.61. The van der Waals surface area contributed by atoms with Gasteiger partial charge in [-0.2, -0.15) is 4.39 Å². The predicted molar refractivity (Wildman–Crippen MR) is 68.8 cm³/mol. The summed E-state index contributed by atoms with van der Waals surface area (Å²) in [6, 6.07) is -0.740. The highest BCUT2D eigenvalue weighted by molar-refractivity contribution is 5.76. The molecule has 0 saturated heterocycles. The van der Waals surface area contributed by atoms with Crippen molar-refractivity contribution in [3.8, 4) is 0 Å². The monoisotopic (exact) mass is 271 g/mol. The second-order valence-corrected chi connectivity index (χ2v) is 4.25. The summed E-state index contributed by atoms with van der Waals surface area (Å²) in [5.41, 5.74) is -2.08. The molecule has 7 heteroatoms. The van der Waals surface area contributed by atoms with Crippen LogP contribution in [0.25, 0.3) is 0 Å². The third-order valence-electron chi connectivity index (χ3n) is 2.67. The first-order chi connectivity index (χ1) is 9.06. The summed E-state index contributed by atoms with van der Waals surface area (Å²) in [4.78, 5) is 35.4. The van der Waals surface area contributed by atoms with Crippen molar-refractivity contribution >= 4 is 6.03 Å². The van der Waals surface area contributed by atoms with E-state index >= 15 is 0 Å². The number of nitrogens with zero attached hydrogens (tertiary/aromatic N) is 1. The number of amides is 1. The lowest BCUT2D eigenvalue weighted by Crippen LogP contribution is -2.40. The summed E-state index contributed by atoms with van der Waals surface area (Å²) in [5.74, 6) is -1.17. The number of rotatable bonds is 6. The molecule has 19 heavy (non-hydrogen) atoms. The predicted octanol–water partition coefficient (Wildman–Crippen LogP) is 1.20. The number of hydrogen-bond acceptors (Lipinski definition) is 3. The number of unbranched alkanes of at least 4 members (excludes halogenated alkanes) is 4. The molecule has 6 nitrogen and oxygen atoms in total. The van der Waals surface area contributed by atoms with Gasteiger partial charge in [-0.05, 0) is 6.42 Å². The SMILES string of the molecule is CCCCCCCNC(=O)n1cc(F)c(=O)[nH]c1=O. The van der Waals surface area contributed by atoms with Crippen LogP contribution in [0.15, 0.2) is 15.8 Å². The van der Waals surface area contributed by atoms with Crippen molar-refractivity contribution in [1.29, 1.82) is 0 Å². The fourth-order valence-corrected chi connectivity index (χ4v) is 1.61. The minimum absolute atomic E-state index is 0.412. The molecule has 106 valence electrons. The van der Waals surface area contributed by atoms with Crippen molar-refractivity contribution in [2.45, 2.75) is 39.0 Å². The number of halogens is 1. The largest absolute Gasteiger partial charge is 0.337 e. The zero-order chi connectivity index (χ0) is 14.3. The van der Waals surface area contributed by atoms with Crippen LogP contribution >= 0.6 is 0 Å². The van der Waals surface area contributed by atoms with E-state index in [9.17, 15) is 18.8 Å². The summed E-state index contributed by atoms with van der Waals surface area (Å²) >= 11 is 0. The van der Waals surface area contributed by atoms with Gasteiger partial charge >= 0.3 is 11.7 Å². The molecule has 0 saturated carbocycles. The topological polar surface area (TPSA) is 84.0 Å². The van der Waals surface area contributed by atoms with Gasteiger partial charge in [0.1, 0.15) is 0 Å². The Morgan fingerprint density at radius 3 is 2.68 bits per heavy atom. The molecule has 0 bridgehead atoms. The molecule has 0 aliphatic rings. The molecule has 0 spiro atoms. The molecular formula is C12H18FN3O3. The van der Waals surface area contributed by atoms with Crippen LogP contribution in [0.5, 0.6) is 0 Å². The van der Waals surface area contributed by atoms with Crippen LogP contribution in [-0.2, 0) is 0 Å². The Morgan fingerprint density at radius 1 is 1.32 bits per heavy atom. The Kier molecular flexibility index (Phi) is 5.98. The van der Waals surface area contributed by atoms with E-state index in [1.807, 2.05) is 0 Å². The van der Waals surface area contributed by atoms with E-state index in [1.54, 1.807) is 4.98 Å². The van der Waals surface area contributed by atoms with Crippen LogP contribution in [0.1, 0.15) is 39.0 Å². The third kappa shape index (κ3) is 4.69. The number of aromatic nitrogens is 2. The highest BCUT2D eigenvalue weighted by atomic mass is 19.1. The number of carbonyl (C=O) groups excluding carboxylic acids is 1. The molecule has 2 N–H and O–H groups in total. The Morgan fingerprint density at radius 2 is 2.00 bits per heavy atom. The quantitative estimate of drug-likeness (QED) is 0.763. The molecule has 0 aromatic carbocycles. The first-order valence-electron chi connectivity index (χ1n) is 6.36. The van der Waals surface area contributed by atoms with Crippen molar-refractivity contribution in [3.05, 3.63) is 32.9 Å². The molecular weight excluding hydrogens is 253 g/mol. The Balaban J connectivity index is 2.48. The lowest BCUT2D eigenvalue weighted by molar-refractivity contribution is 0.240. The number of nitrogens with one attached hydrogen (secondary N) is 2. The van der Waals surface area contributed by atoms with Gasteiger partial charge in [0.2, 0.25) is 5.82 Å². The van der Waals surface area contributed by atoms with E-state index < -0.39 is 23.1 Å². The summed E-state index contributed by atoms with van der Waals surface area (Å²) in [5, 5.41) is 2.50. The van der Waals surface area contributed by atoms with Crippen LogP contribution in [-0.4, -0.2) is 22.1 Å². The van der Waals surface area contributed by atoms with Crippen LogP contribution in [0.2, 0.25) is 0 Å². The van der Waals surface area contributed by atoms with Crippen LogP contribution in [0, 0.1) is 5.82 Å². The van der Waals surface area contributed by atoms with Crippen molar-refractivity contribution < 1.29 is 9.18 Å². The lowest BCUT2D eigenvalue weighted by atomic mass is 10.1. The van der Waals surface area contributed by atoms with E-state index in [0.29, 0.717) is 17.3 Å². The van der Waals surface area contributed by atoms with Crippen molar-refractivity contribution in [2.24, 2.45) is 0 Å². The molecule has 0 atom stereocenters. The molecule has 1 amide bonds. The van der Waals surface area contributed by atoms with Crippen LogP contribution in [0.3, 0.4) is 0 Å². The smallest absolute Gasteiger partial charge is 0.336 e. The highest BCUT2D eigenvalue weighted by Gasteiger charge is 2.09. The average molecular weight is 271 g/mol. The third-order valence-corrected chi connectivity index (χ3v) is 2.67. The van der Waals surface area contributed by atoms with Gasteiger partial charge in [-0.15, -0.1) is 0 Å². The fraction of sp³-hybridized carbons (Fsp3) is 0.583. The molecule has 1 aromatic heterocycles. The Hall–Kier alpha value is -1.92. The molecule has 0 fully saturated rings. The van der Waals surface area contributed by atoms with Gasteiger partial charge < -0.3 is 5.32 Å². The summed E-state index contributed by atoms with van der Waals surface area (Å²) in [6.45, 7) is 2.52. The Labute approximate surface area is 109 Å². The second-order valence-electron chi connectivity index (χ2n) is 4.25. The number of hydrogen-bond donors (Lipinski definition) is 2.